The zero-order valence-corrected chi connectivity index (χ0v) is 15.6. The van der Waals surface area contributed by atoms with Crippen molar-refractivity contribution < 1.29 is 17.9 Å². The van der Waals surface area contributed by atoms with Crippen molar-refractivity contribution in [2.24, 2.45) is 0 Å². The third kappa shape index (κ3) is 6.45. The molecule has 0 aliphatic rings. The fraction of sp³-hybridized carbons (Fsp3) is 0.188. The molecule has 0 radical (unpaired) electrons. The van der Waals surface area contributed by atoms with Crippen LogP contribution in [0.1, 0.15) is 10.4 Å². The van der Waals surface area contributed by atoms with Crippen LogP contribution in [0.4, 0.5) is 5.69 Å². The Bertz CT molecular complexity index is 855. The summed E-state index contributed by atoms with van der Waals surface area (Å²) in [6, 6.07) is 11.2. The van der Waals surface area contributed by atoms with Gasteiger partial charge in [0.2, 0.25) is 10.0 Å². The van der Waals surface area contributed by atoms with Crippen molar-refractivity contribution in [3.05, 3.63) is 58.1 Å². The van der Waals surface area contributed by atoms with Crippen LogP contribution in [0.5, 0.6) is 5.75 Å². The second-order valence-electron chi connectivity index (χ2n) is 5.13. The number of amides is 1. The zero-order valence-electron chi connectivity index (χ0n) is 13.3. The fourth-order valence-corrected chi connectivity index (χ4v) is 2.88. The van der Waals surface area contributed by atoms with E-state index >= 15 is 0 Å². The summed E-state index contributed by atoms with van der Waals surface area (Å²) < 4.78 is 30.1. The molecule has 0 atom stereocenters. The van der Waals surface area contributed by atoms with Crippen LogP contribution in [0, 0.1) is 0 Å². The fourth-order valence-electron chi connectivity index (χ4n) is 1.94. The molecule has 0 bridgehead atoms. The summed E-state index contributed by atoms with van der Waals surface area (Å²) in [6.07, 6.45) is 1.03. The second kappa shape index (κ2) is 8.42. The van der Waals surface area contributed by atoms with Crippen LogP contribution in [0.15, 0.2) is 42.5 Å². The standard InChI is InChI=1S/C16H16Cl2N2O4S/c1-25(22,23)20-12-4-7-14(15(18)10-12)16(21)19-8-9-24-13-5-2-11(17)3-6-13/h2-7,10,20H,8-9H2,1H3,(H,19,21). The molecular weight excluding hydrogens is 387 g/mol. The van der Waals surface area contributed by atoms with E-state index in [1.165, 1.54) is 18.2 Å². The largest absolute Gasteiger partial charge is 0.492 e. The van der Waals surface area contributed by atoms with Gasteiger partial charge in [-0.25, -0.2) is 8.42 Å². The highest BCUT2D eigenvalue weighted by molar-refractivity contribution is 7.92. The highest BCUT2D eigenvalue weighted by Crippen LogP contribution is 2.21. The summed E-state index contributed by atoms with van der Waals surface area (Å²) >= 11 is 11.8. The molecule has 0 saturated carbocycles. The Morgan fingerprint density at radius 1 is 1.12 bits per heavy atom. The quantitative estimate of drug-likeness (QED) is 0.696. The maximum atomic E-state index is 12.1. The Hall–Kier alpha value is -1.96. The minimum atomic E-state index is -3.41. The van der Waals surface area contributed by atoms with Gasteiger partial charge in [-0.05, 0) is 42.5 Å². The Balaban J connectivity index is 1.87. The molecule has 6 nitrogen and oxygen atoms in total. The van der Waals surface area contributed by atoms with Gasteiger partial charge in [-0.1, -0.05) is 23.2 Å². The van der Waals surface area contributed by atoms with E-state index in [0.29, 0.717) is 10.8 Å². The van der Waals surface area contributed by atoms with Crippen molar-refractivity contribution in [1.29, 1.82) is 0 Å². The van der Waals surface area contributed by atoms with Crippen LogP contribution >= 0.6 is 23.2 Å². The molecule has 0 heterocycles. The lowest BCUT2D eigenvalue weighted by molar-refractivity contribution is 0.0947. The molecule has 0 aliphatic carbocycles. The highest BCUT2D eigenvalue weighted by Gasteiger charge is 2.12. The lowest BCUT2D eigenvalue weighted by atomic mass is 10.2. The summed E-state index contributed by atoms with van der Waals surface area (Å²) in [5.41, 5.74) is 0.530. The number of ether oxygens (including phenoxy) is 1. The summed E-state index contributed by atoms with van der Waals surface area (Å²) in [5.74, 6) is 0.267. The number of nitrogens with one attached hydrogen (secondary N) is 2. The van der Waals surface area contributed by atoms with Crippen molar-refractivity contribution >= 4 is 44.8 Å². The minimum absolute atomic E-state index is 0.143. The third-order valence-electron chi connectivity index (χ3n) is 2.99. The Morgan fingerprint density at radius 2 is 1.80 bits per heavy atom. The number of carbonyl (C=O) groups excluding carboxylic acids is 1. The number of sulfonamides is 1. The Morgan fingerprint density at radius 3 is 2.40 bits per heavy atom. The Labute approximate surface area is 156 Å². The molecule has 2 N–H and O–H groups in total. The van der Waals surface area contributed by atoms with E-state index < -0.39 is 10.0 Å². The molecule has 1 amide bonds. The smallest absolute Gasteiger partial charge is 0.252 e. The normalized spacial score (nSPS) is 11.0. The van der Waals surface area contributed by atoms with Crippen LogP contribution < -0.4 is 14.8 Å². The van der Waals surface area contributed by atoms with Crippen molar-refractivity contribution in [2.75, 3.05) is 24.1 Å². The molecule has 25 heavy (non-hydrogen) atoms. The number of carbonyl (C=O) groups is 1. The van der Waals surface area contributed by atoms with Crippen molar-refractivity contribution in [3.63, 3.8) is 0 Å². The monoisotopic (exact) mass is 402 g/mol. The molecular formula is C16H16Cl2N2O4S. The van der Waals surface area contributed by atoms with Gasteiger partial charge in [0.1, 0.15) is 12.4 Å². The van der Waals surface area contributed by atoms with Crippen LogP contribution in [0.25, 0.3) is 0 Å². The molecule has 0 spiro atoms. The molecule has 2 aromatic rings. The average molecular weight is 403 g/mol. The van der Waals surface area contributed by atoms with Gasteiger partial charge in [0.05, 0.1) is 23.4 Å². The summed E-state index contributed by atoms with van der Waals surface area (Å²) in [6.45, 7) is 0.555. The molecule has 134 valence electrons. The number of anilines is 1. The lowest BCUT2D eigenvalue weighted by Crippen LogP contribution is -2.28. The van der Waals surface area contributed by atoms with E-state index in [-0.39, 0.29) is 35.3 Å². The Kier molecular flexibility index (Phi) is 6.52. The van der Waals surface area contributed by atoms with E-state index in [1.807, 2.05) is 0 Å². The first kappa shape index (κ1) is 19.4. The van der Waals surface area contributed by atoms with Gasteiger partial charge in [0.25, 0.3) is 5.91 Å². The first-order valence-corrected chi connectivity index (χ1v) is 9.83. The predicted molar refractivity (Wildman–Crippen MR) is 99.2 cm³/mol. The number of benzene rings is 2. The average Bonchev–Trinajstić information content (AvgIpc) is 2.51. The van der Waals surface area contributed by atoms with E-state index in [4.69, 9.17) is 27.9 Å². The molecule has 2 aromatic carbocycles. The summed E-state index contributed by atoms with van der Waals surface area (Å²) in [4.78, 5) is 12.1. The molecule has 0 aliphatic heterocycles. The van der Waals surface area contributed by atoms with Gasteiger partial charge >= 0.3 is 0 Å². The minimum Gasteiger partial charge on any atom is -0.492 e. The van der Waals surface area contributed by atoms with Crippen molar-refractivity contribution in [3.8, 4) is 5.75 Å². The van der Waals surface area contributed by atoms with E-state index in [1.54, 1.807) is 24.3 Å². The van der Waals surface area contributed by atoms with Crippen molar-refractivity contribution in [2.45, 2.75) is 0 Å². The van der Waals surface area contributed by atoms with Gasteiger partial charge in [0, 0.05) is 10.7 Å². The van der Waals surface area contributed by atoms with Gasteiger partial charge < -0.3 is 10.1 Å². The molecule has 0 fully saturated rings. The van der Waals surface area contributed by atoms with Gasteiger partial charge in [-0.2, -0.15) is 0 Å². The number of halogens is 2. The number of rotatable bonds is 7. The molecule has 9 heteroatoms. The highest BCUT2D eigenvalue weighted by atomic mass is 35.5. The van der Waals surface area contributed by atoms with Crippen LogP contribution in [0.2, 0.25) is 10.0 Å². The van der Waals surface area contributed by atoms with E-state index in [2.05, 4.69) is 10.0 Å². The third-order valence-corrected chi connectivity index (χ3v) is 4.16. The zero-order chi connectivity index (χ0) is 18.4. The topological polar surface area (TPSA) is 84.5 Å². The second-order valence-corrected chi connectivity index (χ2v) is 7.72. The lowest BCUT2D eigenvalue weighted by Gasteiger charge is -2.10. The van der Waals surface area contributed by atoms with Crippen molar-refractivity contribution in [1.82, 2.24) is 5.32 Å². The van der Waals surface area contributed by atoms with E-state index in [0.717, 1.165) is 6.26 Å². The maximum absolute atomic E-state index is 12.1. The van der Waals surface area contributed by atoms with Gasteiger partial charge in [0.15, 0.2) is 0 Å². The molecule has 0 saturated heterocycles. The van der Waals surface area contributed by atoms with E-state index in [9.17, 15) is 13.2 Å². The van der Waals surface area contributed by atoms with Crippen LogP contribution in [0.3, 0.4) is 0 Å². The van der Waals surface area contributed by atoms with Gasteiger partial charge in [-0.3, -0.25) is 9.52 Å². The van der Waals surface area contributed by atoms with Gasteiger partial charge in [-0.15, -0.1) is 0 Å². The van der Waals surface area contributed by atoms with Crippen LogP contribution in [-0.2, 0) is 10.0 Å². The molecule has 2 rings (SSSR count). The molecule has 0 unspecified atom stereocenters. The number of hydrogen-bond donors (Lipinski definition) is 2. The van der Waals surface area contributed by atoms with Crippen LogP contribution in [-0.4, -0.2) is 33.7 Å². The summed E-state index contributed by atoms with van der Waals surface area (Å²) in [5, 5.41) is 3.43. The first-order valence-electron chi connectivity index (χ1n) is 7.18. The predicted octanol–water partition coefficient (Wildman–Crippen LogP) is 3.17. The first-order chi connectivity index (χ1) is 11.7. The number of hydrogen-bond acceptors (Lipinski definition) is 4. The molecule has 0 aromatic heterocycles. The SMILES string of the molecule is CS(=O)(=O)Nc1ccc(C(=O)NCCOc2ccc(Cl)cc2)c(Cl)c1. The summed E-state index contributed by atoms with van der Waals surface area (Å²) in [7, 11) is -3.41. The maximum Gasteiger partial charge on any atom is 0.252 e.